The summed E-state index contributed by atoms with van der Waals surface area (Å²) >= 11 is 0. The van der Waals surface area contributed by atoms with Crippen LogP contribution in [-0.4, -0.2) is 24.6 Å². The standard InChI is InChI=1S/C12H13N3O3/c13-10(16)9-5-12(6-14-9)7-3-1-2-4-8(7)15-11(17)18-12/h1-4,9,14H,5-6H2,(H2,13,16)(H,15,17)/t9-,12-/m0/s1. The van der Waals surface area contributed by atoms with E-state index in [1.807, 2.05) is 24.3 Å². The van der Waals surface area contributed by atoms with E-state index in [1.54, 1.807) is 0 Å². The number of primary amides is 1. The summed E-state index contributed by atoms with van der Waals surface area (Å²) in [5.74, 6) is -0.432. The normalized spacial score (nSPS) is 29.6. The van der Waals surface area contributed by atoms with Crippen LogP contribution < -0.4 is 16.4 Å². The maximum absolute atomic E-state index is 11.6. The number of anilines is 1. The monoisotopic (exact) mass is 247 g/mol. The molecular weight excluding hydrogens is 234 g/mol. The van der Waals surface area contributed by atoms with Gasteiger partial charge in [-0.05, 0) is 6.07 Å². The van der Waals surface area contributed by atoms with Crippen LogP contribution in [-0.2, 0) is 15.1 Å². The third-order valence-corrected chi connectivity index (χ3v) is 3.45. The highest BCUT2D eigenvalue weighted by Gasteiger charge is 2.49. The van der Waals surface area contributed by atoms with Crippen molar-refractivity contribution in [2.75, 3.05) is 11.9 Å². The quantitative estimate of drug-likeness (QED) is 0.665. The van der Waals surface area contributed by atoms with Crippen molar-refractivity contribution < 1.29 is 14.3 Å². The number of fused-ring (bicyclic) bond motifs is 2. The largest absolute Gasteiger partial charge is 0.436 e. The summed E-state index contributed by atoms with van der Waals surface area (Å²) < 4.78 is 5.42. The Balaban J connectivity index is 2.03. The molecule has 4 N–H and O–H groups in total. The van der Waals surface area contributed by atoms with Gasteiger partial charge in [0.05, 0.1) is 11.7 Å². The Labute approximate surface area is 103 Å². The molecule has 1 spiro atoms. The van der Waals surface area contributed by atoms with Gasteiger partial charge in [0.1, 0.15) is 0 Å². The van der Waals surface area contributed by atoms with Crippen LogP contribution in [0.2, 0.25) is 0 Å². The van der Waals surface area contributed by atoms with E-state index in [2.05, 4.69) is 10.6 Å². The van der Waals surface area contributed by atoms with Gasteiger partial charge in [0.25, 0.3) is 0 Å². The summed E-state index contributed by atoms with van der Waals surface area (Å²) in [5.41, 5.74) is 6.09. The SMILES string of the molecule is NC(=O)[C@@H]1C[C@@]2(CN1)OC(=O)Nc1ccccc12. The zero-order valence-corrected chi connectivity index (χ0v) is 9.60. The van der Waals surface area contributed by atoms with Gasteiger partial charge in [0.15, 0.2) is 5.60 Å². The Morgan fingerprint density at radius 3 is 2.94 bits per heavy atom. The maximum Gasteiger partial charge on any atom is 0.412 e. The zero-order valence-electron chi connectivity index (χ0n) is 9.60. The molecule has 0 aliphatic carbocycles. The lowest BCUT2D eigenvalue weighted by Gasteiger charge is -2.34. The van der Waals surface area contributed by atoms with Crippen molar-refractivity contribution in [3.63, 3.8) is 0 Å². The molecule has 1 aromatic rings. The fraction of sp³-hybridized carbons (Fsp3) is 0.333. The van der Waals surface area contributed by atoms with Gasteiger partial charge in [-0.25, -0.2) is 4.79 Å². The van der Waals surface area contributed by atoms with Crippen LogP contribution in [0, 0.1) is 0 Å². The molecule has 18 heavy (non-hydrogen) atoms. The Morgan fingerprint density at radius 1 is 1.44 bits per heavy atom. The van der Waals surface area contributed by atoms with Crippen LogP contribution in [0.5, 0.6) is 0 Å². The van der Waals surface area contributed by atoms with Gasteiger partial charge in [-0.3, -0.25) is 10.1 Å². The number of para-hydroxylation sites is 1. The van der Waals surface area contributed by atoms with E-state index < -0.39 is 23.6 Å². The third kappa shape index (κ3) is 1.53. The molecule has 6 heteroatoms. The van der Waals surface area contributed by atoms with Gasteiger partial charge in [-0.2, -0.15) is 0 Å². The predicted molar refractivity (Wildman–Crippen MR) is 63.8 cm³/mol. The first-order valence-electron chi connectivity index (χ1n) is 5.73. The molecule has 2 atom stereocenters. The number of amides is 2. The number of nitrogens with one attached hydrogen (secondary N) is 2. The van der Waals surface area contributed by atoms with Crippen LogP contribution in [0.15, 0.2) is 24.3 Å². The summed E-state index contributed by atoms with van der Waals surface area (Å²) in [4.78, 5) is 22.8. The summed E-state index contributed by atoms with van der Waals surface area (Å²) in [6.07, 6.45) is -0.132. The molecule has 1 aromatic carbocycles. The predicted octanol–water partition coefficient (Wildman–Crippen LogP) is 0.291. The highest BCUT2D eigenvalue weighted by Crippen LogP contribution is 2.41. The van der Waals surface area contributed by atoms with E-state index in [4.69, 9.17) is 10.5 Å². The Bertz CT molecular complexity index is 531. The number of nitrogens with two attached hydrogens (primary N) is 1. The second-order valence-corrected chi connectivity index (χ2v) is 4.59. The first kappa shape index (κ1) is 11.0. The first-order valence-corrected chi connectivity index (χ1v) is 5.73. The lowest BCUT2D eigenvalue weighted by Crippen LogP contribution is -2.41. The van der Waals surface area contributed by atoms with Crippen molar-refractivity contribution in [2.45, 2.75) is 18.1 Å². The van der Waals surface area contributed by atoms with Crippen LogP contribution >= 0.6 is 0 Å². The van der Waals surface area contributed by atoms with Crippen LogP contribution in [0.25, 0.3) is 0 Å². The second kappa shape index (κ2) is 3.71. The Hall–Kier alpha value is -2.08. The number of carbonyl (C=O) groups is 2. The van der Waals surface area contributed by atoms with E-state index in [0.29, 0.717) is 13.0 Å². The Kier molecular flexibility index (Phi) is 2.27. The molecule has 94 valence electrons. The smallest absolute Gasteiger partial charge is 0.412 e. The maximum atomic E-state index is 11.6. The molecule has 2 aliphatic heterocycles. The van der Waals surface area contributed by atoms with Gasteiger partial charge in [-0.15, -0.1) is 0 Å². The molecule has 0 radical (unpaired) electrons. The molecule has 1 saturated heterocycles. The topological polar surface area (TPSA) is 93.5 Å². The summed E-state index contributed by atoms with van der Waals surface area (Å²) in [7, 11) is 0. The molecule has 2 amide bonds. The number of benzene rings is 1. The molecule has 0 bridgehead atoms. The van der Waals surface area contributed by atoms with Gasteiger partial charge < -0.3 is 15.8 Å². The van der Waals surface area contributed by atoms with E-state index in [-0.39, 0.29) is 0 Å². The third-order valence-electron chi connectivity index (χ3n) is 3.45. The minimum absolute atomic E-state index is 0.368. The van der Waals surface area contributed by atoms with Gasteiger partial charge in [0, 0.05) is 18.5 Å². The second-order valence-electron chi connectivity index (χ2n) is 4.59. The zero-order chi connectivity index (χ0) is 12.8. The van der Waals surface area contributed by atoms with Crippen molar-refractivity contribution in [1.82, 2.24) is 5.32 Å². The molecule has 3 rings (SSSR count). The van der Waals surface area contributed by atoms with E-state index in [9.17, 15) is 9.59 Å². The number of ether oxygens (including phenoxy) is 1. The number of rotatable bonds is 1. The molecule has 1 fully saturated rings. The lowest BCUT2D eigenvalue weighted by atomic mass is 9.88. The minimum Gasteiger partial charge on any atom is -0.436 e. The number of hydrogen-bond acceptors (Lipinski definition) is 4. The molecule has 0 unspecified atom stereocenters. The molecule has 0 saturated carbocycles. The molecule has 0 aromatic heterocycles. The van der Waals surface area contributed by atoms with Crippen molar-refractivity contribution in [2.24, 2.45) is 5.73 Å². The minimum atomic E-state index is -0.793. The van der Waals surface area contributed by atoms with E-state index >= 15 is 0 Å². The summed E-state index contributed by atoms with van der Waals surface area (Å²) in [6, 6.07) is 6.95. The highest BCUT2D eigenvalue weighted by atomic mass is 16.6. The van der Waals surface area contributed by atoms with Crippen LogP contribution in [0.1, 0.15) is 12.0 Å². The van der Waals surface area contributed by atoms with Gasteiger partial charge in [-0.1, -0.05) is 18.2 Å². The molecule has 2 aliphatic rings. The van der Waals surface area contributed by atoms with Crippen molar-refractivity contribution in [1.29, 1.82) is 0 Å². The van der Waals surface area contributed by atoms with Gasteiger partial charge in [0.2, 0.25) is 5.91 Å². The summed E-state index contributed by atoms with van der Waals surface area (Å²) in [6.45, 7) is 0.394. The van der Waals surface area contributed by atoms with Crippen molar-refractivity contribution in [3.05, 3.63) is 29.8 Å². The van der Waals surface area contributed by atoms with Gasteiger partial charge >= 0.3 is 6.09 Å². The number of carbonyl (C=O) groups excluding carboxylic acids is 2. The molecule has 6 nitrogen and oxygen atoms in total. The highest BCUT2D eigenvalue weighted by molar-refractivity contribution is 5.89. The van der Waals surface area contributed by atoms with E-state index in [0.717, 1.165) is 11.3 Å². The first-order chi connectivity index (χ1) is 8.61. The van der Waals surface area contributed by atoms with Crippen molar-refractivity contribution in [3.8, 4) is 0 Å². The molecular formula is C12H13N3O3. The number of hydrogen-bond donors (Lipinski definition) is 3. The van der Waals surface area contributed by atoms with Crippen LogP contribution in [0.4, 0.5) is 10.5 Å². The molecule has 2 heterocycles. The lowest BCUT2D eigenvalue weighted by molar-refractivity contribution is -0.120. The Morgan fingerprint density at radius 2 is 2.22 bits per heavy atom. The van der Waals surface area contributed by atoms with E-state index in [1.165, 1.54) is 0 Å². The average molecular weight is 247 g/mol. The average Bonchev–Trinajstić information content (AvgIpc) is 2.74. The summed E-state index contributed by atoms with van der Waals surface area (Å²) in [5, 5.41) is 5.65. The fourth-order valence-corrected chi connectivity index (χ4v) is 2.60. The van der Waals surface area contributed by atoms with Crippen LogP contribution in [0.3, 0.4) is 0 Å². The fourth-order valence-electron chi connectivity index (χ4n) is 2.60. The van der Waals surface area contributed by atoms with Crippen molar-refractivity contribution >= 4 is 17.7 Å².